The lowest BCUT2D eigenvalue weighted by Gasteiger charge is -1.97. The highest BCUT2D eigenvalue weighted by atomic mass is 35.5. The van der Waals surface area contributed by atoms with Crippen LogP contribution in [0.1, 0.15) is 44.5 Å². The van der Waals surface area contributed by atoms with Crippen LogP contribution in [0.25, 0.3) is 0 Å². The quantitative estimate of drug-likeness (QED) is 0.154. The summed E-state index contributed by atoms with van der Waals surface area (Å²) in [6.45, 7) is 15.8. The number of hydrogen-bond acceptors (Lipinski definition) is 4. The number of ether oxygens (including phenoxy) is 1. The highest BCUT2D eigenvalue weighted by Crippen LogP contribution is 2.13. The second-order valence-corrected chi connectivity index (χ2v) is 16.5. The van der Waals surface area contributed by atoms with Crippen molar-refractivity contribution in [2.24, 2.45) is 0 Å². The third-order valence-electron chi connectivity index (χ3n) is 8.08. The molecule has 3 aromatic heterocycles. The van der Waals surface area contributed by atoms with E-state index in [-0.39, 0.29) is 5.82 Å². The molecular weight excluding hydrogens is 938 g/mol. The molecule has 0 unspecified atom stereocenters. The fourth-order valence-corrected chi connectivity index (χ4v) is 5.19. The summed E-state index contributed by atoms with van der Waals surface area (Å²) in [4.78, 5) is 11.5. The summed E-state index contributed by atoms with van der Waals surface area (Å²) >= 11 is 33.7. The molecular formula is C54H56Cl6FN3O. The molecule has 8 aromatic rings. The Balaban J connectivity index is 0.000000372. The molecule has 0 N–H and O–H groups in total. The molecule has 0 fully saturated rings. The summed E-state index contributed by atoms with van der Waals surface area (Å²) < 4.78 is 17.1. The van der Waals surface area contributed by atoms with Crippen molar-refractivity contribution in [3.8, 4) is 5.75 Å². The number of methoxy groups -OCH3 is 1. The highest BCUT2D eigenvalue weighted by Gasteiger charge is 1.91. The first kappa shape index (κ1) is 58.0. The van der Waals surface area contributed by atoms with Crippen LogP contribution in [0.15, 0.2) is 176 Å². The van der Waals surface area contributed by atoms with Gasteiger partial charge in [-0.05, 0) is 162 Å². The van der Waals surface area contributed by atoms with Gasteiger partial charge in [-0.3, -0.25) is 4.98 Å². The van der Waals surface area contributed by atoms with Crippen molar-refractivity contribution in [2.75, 3.05) is 7.11 Å². The van der Waals surface area contributed by atoms with E-state index in [2.05, 4.69) is 21.9 Å². The van der Waals surface area contributed by atoms with E-state index in [4.69, 9.17) is 74.3 Å². The van der Waals surface area contributed by atoms with Gasteiger partial charge in [-0.2, -0.15) is 0 Å². The number of nitrogens with zero attached hydrogens (tertiary/aromatic N) is 3. The molecule has 0 atom stereocenters. The lowest BCUT2D eigenvalue weighted by atomic mass is 10.2. The molecule has 342 valence electrons. The predicted octanol–water partition coefficient (Wildman–Crippen LogP) is 18.2. The Hall–Kier alpha value is -4.98. The second-order valence-electron chi connectivity index (χ2n) is 14.1. The van der Waals surface area contributed by atoms with Gasteiger partial charge in [0.25, 0.3) is 0 Å². The van der Waals surface area contributed by atoms with Crippen LogP contribution in [-0.2, 0) is 0 Å². The Kier molecular flexibility index (Phi) is 30.7. The molecule has 65 heavy (non-hydrogen) atoms. The molecule has 0 bridgehead atoms. The van der Waals surface area contributed by atoms with Crippen LogP contribution in [0.5, 0.6) is 5.75 Å². The molecule has 11 heteroatoms. The summed E-state index contributed by atoms with van der Waals surface area (Å²) in [5.41, 5.74) is 8.99. The van der Waals surface area contributed by atoms with Crippen LogP contribution in [0, 0.1) is 61.2 Å². The largest absolute Gasteiger partial charge is 0.497 e. The summed E-state index contributed by atoms with van der Waals surface area (Å²) in [7, 11) is 1.67. The molecule has 4 nitrogen and oxygen atoms in total. The second kappa shape index (κ2) is 34.4. The van der Waals surface area contributed by atoms with Crippen molar-refractivity contribution < 1.29 is 9.13 Å². The Morgan fingerprint density at radius 3 is 1.32 bits per heavy atom. The average Bonchev–Trinajstić information content (AvgIpc) is 3.28. The van der Waals surface area contributed by atoms with Crippen LogP contribution in [0.4, 0.5) is 4.39 Å². The standard InChI is InChI=1S/C8H10O.3C7H7Cl.C7H7F.3C6H6ClN/c1-7-3-5-8(9-2)6-4-7;1-6-2-4-7(8)5-3-6;1-6-3-2-4-7(8)5-6;1-6-4-2-3-5-7(6)8;1-6-3-2-4-7(8)5-6;1-5-4-8-3-2-6(5)7;1-5-2-3-6(7)8-4-5;1-5-3-2-4-8-6(5)7/h3-6H,1-2H3;4*2-5H,1H3;3*2-4H,1H3. The maximum Gasteiger partial charge on any atom is 0.131 e. The molecule has 0 aliphatic heterocycles. The molecule has 0 amide bonds. The SMILES string of the molecule is COc1ccc(C)cc1.Cc1ccc(Cl)cc1.Cc1ccc(Cl)nc1.Cc1cccc(Cl)c1.Cc1cccc(F)c1.Cc1ccccc1Cl.Cc1cccnc1Cl.Cc1cnccc1Cl. The minimum absolute atomic E-state index is 0.162. The highest BCUT2D eigenvalue weighted by molar-refractivity contribution is 6.32. The van der Waals surface area contributed by atoms with Crippen molar-refractivity contribution in [2.45, 2.75) is 55.4 Å². The van der Waals surface area contributed by atoms with E-state index in [9.17, 15) is 4.39 Å². The molecule has 3 heterocycles. The van der Waals surface area contributed by atoms with Crippen LogP contribution in [0.3, 0.4) is 0 Å². The van der Waals surface area contributed by atoms with Crippen molar-refractivity contribution in [1.82, 2.24) is 15.0 Å². The minimum atomic E-state index is -0.162. The Bertz CT molecular complexity index is 2160. The van der Waals surface area contributed by atoms with Gasteiger partial charge in [0.1, 0.15) is 21.9 Å². The van der Waals surface area contributed by atoms with Crippen molar-refractivity contribution in [3.63, 3.8) is 0 Å². The Morgan fingerprint density at radius 2 is 0.969 bits per heavy atom. The lowest BCUT2D eigenvalue weighted by Crippen LogP contribution is -1.80. The Labute approximate surface area is 416 Å². The summed E-state index contributed by atoms with van der Waals surface area (Å²) in [6, 6.07) is 47.0. The first-order chi connectivity index (χ1) is 30.9. The number of aromatic nitrogens is 3. The minimum Gasteiger partial charge on any atom is -0.497 e. The molecule has 0 saturated carbocycles. The molecule has 0 aliphatic rings. The van der Waals surface area contributed by atoms with Crippen LogP contribution in [0.2, 0.25) is 30.4 Å². The Morgan fingerprint density at radius 1 is 0.415 bits per heavy atom. The number of rotatable bonds is 1. The molecule has 0 saturated heterocycles. The van der Waals surface area contributed by atoms with E-state index in [1.807, 2.05) is 170 Å². The number of pyridine rings is 3. The van der Waals surface area contributed by atoms with Gasteiger partial charge in [-0.25, -0.2) is 14.4 Å². The first-order valence-electron chi connectivity index (χ1n) is 20.1. The van der Waals surface area contributed by atoms with E-state index in [1.54, 1.807) is 50.1 Å². The zero-order valence-corrected chi connectivity index (χ0v) is 42.7. The maximum atomic E-state index is 12.2. The van der Waals surface area contributed by atoms with Gasteiger partial charge in [-0.15, -0.1) is 0 Å². The van der Waals surface area contributed by atoms with Gasteiger partial charge in [0.2, 0.25) is 0 Å². The third-order valence-corrected chi connectivity index (χ3v) is 10.0. The van der Waals surface area contributed by atoms with Gasteiger partial charge in [0, 0.05) is 44.9 Å². The van der Waals surface area contributed by atoms with Gasteiger partial charge < -0.3 is 4.74 Å². The van der Waals surface area contributed by atoms with Gasteiger partial charge in [0.05, 0.1) is 7.11 Å². The first-order valence-corrected chi connectivity index (χ1v) is 22.4. The molecule has 0 radical (unpaired) electrons. The van der Waals surface area contributed by atoms with Crippen LogP contribution < -0.4 is 4.74 Å². The van der Waals surface area contributed by atoms with Gasteiger partial charge in [0.15, 0.2) is 0 Å². The van der Waals surface area contributed by atoms with Crippen molar-refractivity contribution in [1.29, 1.82) is 0 Å². The number of hydrogen-bond donors (Lipinski definition) is 0. The summed E-state index contributed by atoms with van der Waals surface area (Å²) in [5, 5.41) is 4.37. The fraction of sp³-hybridized carbons (Fsp3) is 0.167. The summed E-state index contributed by atoms with van der Waals surface area (Å²) in [6.07, 6.45) is 6.83. The molecule has 8 rings (SSSR count). The zero-order chi connectivity index (χ0) is 48.6. The number of halogens is 7. The van der Waals surface area contributed by atoms with E-state index in [1.165, 1.54) is 28.8 Å². The van der Waals surface area contributed by atoms with Crippen LogP contribution >= 0.6 is 69.6 Å². The smallest absolute Gasteiger partial charge is 0.131 e. The van der Waals surface area contributed by atoms with E-state index >= 15 is 0 Å². The number of aryl methyl sites for hydroxylation is 8. The molecule has 5 aromatic carbocycles. The topological polar surface area (TPSA) is 47.9 Å². The van der Waals surface area contributed by atoms with Crippen molar-refractivity contribution >= 4 is 69.6 Å². The van der Waals surface area contributed by atoms with Crippen molar-refractivity contribution in [3.05, 3.63) is 257 Å². The molecule has 0 spiro atoms. The predicted molar refractivity (Wildman–Crippen MR) is 279 cm³/mol. The van der Waals surface area contributed by atoms with E-state index < -0.39 is 0 Å². The van der Waals surface area contributed by atoms with Gasteiger partial charge >= 0.3 is 0 Å². The normalized spacial score (nSPS) is 9.23. The maximum absolute atomic E-state index is 12.2. The number of benzene rings is 5. The lowest BCUT2D eigenvalue weighted by molar-refractivity contribution is 0.414. The van der Waals surface area contributed by atoms with E-state index in [0.717, 1.165) is 53.7 Å². The third kappa shape index (κ3) is 30.0. The fourth-order valence-electron chi connectivity index (χ4n) is 4.34. The van der Waals surface area contributed by atoms with Gasteiger partial charge in [-0.1, -0.05) is 160 Å². The molecule has 0 aliphatic carbocycles. The summed E-state index contributed by atoms with van der Waals surface area (Å²) in [5.74, 6) is 0.755. The van der Waals surface area contributed by atoms with E-state index in [0.29, 0.717) is 10.3 Å². The van der Waals surface area contributed by atoms with Crippen LogP contribution in [-0.4, -0.2) is 22.1 Å². The monoisotopic (exact) mass is 991 g/mol. The average molecular weight is 995 g/mol. The zero-order valence-electron chi connectivity index (χ0n) is 38.1.